The molecule has 1 heterocycles. The van der Waals surface area contributed by atoms with Crippen molar-refractivity contribution in [3.8, 4) is 0 Å². The largest absolute Gasteiger partial charge is 0.461 e. The monoisotopic (exact) mass is 312 g/mol. The van der Waals surface area contributed by atoms with Crippen LogP contribution in [0.2, 0.25) is 0 Å². The predicted octanol–water partition coefficient (Wildman–Crippen LogP) is 3.19. The molecule has 1 aromatic heterocycles. The van der Waals surface area contributed by atoms with E-state index in [-0.39, 0.29) is 24.1 Å². The van der Waals surface area contributed by atoms with Gasteiger partial charge in [0.25, 0.3) is 0 Å². The van der Waals surface area contributed by atoms with Crippen LogP contribution in [0.15, 0.2) is 30.3 Å². The van der Waals surface area contributed by atoms with E-state index in [1.165, 1.54) is 0 Å². The zero-order valence-corrected chi connectivity index (χ0v) is 13.4. The van der Waals surface area contributed by atoms with Gasteiger partial charge in [0.2, 0.25) is 0 Å². The number of aromatic nitrogens is 2. The fourth-order valence-electron chi connectivity index (χ4n) is 3.08. The van der Waals surface area contributed by atoms with E-state index in [2.05, 4.69) is 5.10 Å². The van der Waals surface area contributed by atoms with Crippen LogP contribution in [0.1, 0.15) is 64.8 Å². The van der Waals surface area contributed by atoms with Gasteiger partial charge in [-0.3, -0.25) is 9.48 Å². The molecule has 0 bridgehead atoms. The molecule has 1 unspecified atom stereocenters. The molecule has 0 amide bonds. The van der Waals surface area contributed by atoms with E-state index in [1.807, 2.05) is 41.9 Å². The number of hydrogen-bond donors (Lipinski definition) is 0. The SMILES string of the molecule is CCOC(=O)c1nn(C(C)c2ccccc2)c2c1C(=O)CCC2. The van der Waals surface area contributed by atoms with Gasteiger partial charge in [0, 0.05) is 6.42 Å². The van der Waals surface area contributed by atoms with Gasteiger partial charge in [-0.1, -0.05) is 30.3 Å². The maximum Gasteiger partial charge on any atom is 0.359 e. The molecular formula is C18H20N2O3. The van der Waals surface area contributed by atoms with Gasteiger partial charge >= 0.3 is 5.97 Å². The van der Waals surface area contributed by atoms with Crippen LogP contribution in [-0.4, -0.2) is 28.1 Å². The lowest BCUT2D eigenvalue weighted by molar-refractivity contribution is 0.0515. The van der Waals surface area contributed by atoms with E-state index in [4.69, 9.17) is 4.74 Å². The number of carbonyl (C=O) groups excluding carboxylic acids is 2. The average Bonchev–Trinajstić information content (AvgIpc) is 2.96. The highest BCUT2D eigenvalue weighted by molar-refractivity contribution is 6.06. The Balaban J connectivity index is 2.09. The third-order valence-corrected chi connectivity index (χ3v) is 4.22. The number of fused-ring (bicyclic) bond motifs is 1. The third kappa shape index (κ3) is 2.79. The molecule has 1 aliphatic carbocycles. The average molecular weight is 312 g/mol. The number of nitrogens with zero attached hydrogens (tertiary/aromatic N) is 2. The highest BCUT2D eigenvalue weighted by atomic mass is 16.5. The zero-order chi connectivity index (χ0) is 16.4. The number of carbonyl (C=O) groups is 2. The van der Waals surface area contributed by atoms with E-state index in [0.29, 0.717) is 12.0 Å². The van der Waals surface area contributed by atoms with Gasteiger partial charge in [0.1, 0.15) is 0 Å². The highest BCUT2D eigenvalue weighted by Crippen LogP contribution is 2.29. The quantitative estimate of drug-likeness (QED) is 0.813. The fraction of sp³-hybridized carbons (Fsp3) is 0.389. The van der Waals surface area contributed by atoms with Crippen LogP contribution < -0.4 is 0 Å². The molecule has 5 nitrogen and oxygen atoms in total. The number of benzene rings is 1. The van der Waals surface area contributed by atoms with Crippen molar-refractivity contribution in [3.05, 3.63) is 52.8 Å². The van der Waals surface area contributed by atoms with Crippen molar-refractivity contribution in [1.82, 2.24) is 9.78 Å². The van der Waals surface area contributed by atoms with Crippen LogP contribution in [0.25, 0.3) is 0 Å². The standard InChI is InChI=1S/C18H20N2O3/c1-3-23-18(22)17-16-14(10-7-11-15(16)21)20(19-17)12(2)13-8-5-4-6-9-13/h4-6,8-9,12H,3,7,10-11H2,1-2H3. The lowest BCUT2D eigenvalue weighted by Gasteiger charge is -2.18. The minimum atomic E-state index is -0.516. The Kier molecular flexibility index (Phi) is 4.28. The normalized spacial score (nSPS) is 15.1. The van der Waals surface area contributed by atoms with Crippen molar-refractivity contribution < 1.29 is 14.3 Å². The second-order valence-corrected chi connectivity index (χ2v) is 5.70. The van der Waals surface area contributed by atoms with Crippen molar-refractivity contribution in [3.63, 3.8) is 0 Å². The molecule has 0 N–H and O–H groups in total. The number of esters is 1. The van der Waals surface area contributed by atoms with Crippen LogP contribution in [0.3, 0.4) is 0 Å². The molecule has 2 aromatic rings. The third-order valence-electron chi connectivity index (χ3n) is 4.22. The van der Waals surface area contributed by atoms with Crippen LogP contribution in [0.4, 0.5) is 0 Å². The molecule has 0 saturated carbocycles. The number of hydrogen-bond acceptors (Lipinski definition) is 4. The zero-order valence-electron chi connectivity index (χ0n) is 13.4. The summed E-state index contributed by atoms with van der Waals surface area (Å²) >= 11 is 0. The number of Topliss-reactive ketones (excluding diaryl/α,β-unsaturated/α-hetero) is 1. The van der Waals surface area contributed by atoms with Crippen LogP contribution >= 0.6 is 0 Å². The number of rotatable bonds is 4. The maximum atomic E-state index is 12.3. The molecule has 23 heavy (non-hydrogen) atoms. The van der Waals surface area contributed by atoms with Crippen molar-refractivity contribution in [2.75, 3.05) is 6.61 Å². The molecule has 0 fully saturated rings. The van der Waals surface area contributed by atoms with Crippen molar-refractivity contribution >= 4 is 11.8 Å². The molecule has 0 saturated heterocycles. The van der Waals surface area contributed by atoms with E-state index in [0.717, 1.165) is 24.1 Å². The highest BCUT2D eigenvalue weighted by Gasteiger charge is 2.32. The molecule has 1 atom stereocenters. The lowest BCUT2D eigenvalue weighted by Crippen LogP contribution is -2.17. The molecule has 1 aromatic carbocycles. The Morgan fingerprint density at radius 3 is 2.74 bits per heavy atom. The van der Waals surface area contributed by atoms with Crippen molar-refractivity contribution in [2.24, 2.45) is 0 Å². The van der Waals surface area contributed by atoms with Gasteiger partial charge < -0.3 is 4.74 Å². The van der Waals surface area contributed by atoms with Gasteiger partial charge in [-0.2, -0.15) is 5.10 Å². The Labute approximate surface area is 135 Å². The summed E-state index contributed by atoms with van der Waals surface area (Å²) < 4.78 is 6.89. The summed E-state index contributed by atoms with van der Waals surface area (Å²) in [5.41, 5.74) is 2.55. The Morgan fingerprint density at radius 1 is 1.30 bits per heavy atom. The second-order valence-electron chi connectivity index (χ2n) is 5.70. The molecular weight excluding hydrogens is 292 g/mol. The topological polar surface area (TPSA) is 61.2 Å². The number of ether oxygens (including phenoxy) is 1. The molecule has 0 spiro atoms. The van der Waals surface area contributed by atoms with E-state index >= 15 is 0 Å². The minimum absolute atomic E-state index is 0.0131. The van der Waals surface area contributed by atoms with Gasteiger partial charge in [0.15, 0.2) is 11.5 Å². The first-order chi connectivity index (χ1) is 11.1. The Bertz CT molecular complexity index is 734. The van der Waals surface area contributed by atoms with Crippen LogP contribution in [0.5, 0.6) is 0 Å². The summed E-state index contributed by atoms with van der Waals surface area (Å²) in [5.74, 6) is -0.529. The molecule has 1 aliphatic rings. The lowest BCUT2D eigenvalue weighted by atomic mass is 9.94. The summed E-state index contributed by atoms with van der Waals surface area (Å²) in [7, 11) is 0. The Morgan fingerprint density at radius 2 is 2.04 bits per heavy atom. The van der Waals surface area contributed by atoms with Crippen LogP contribution in [-0.2, 0) is 11.2 Å². The summed E-state index contributed by atoms with van der Waals surface area (Å²) in [5, 5.41) is 4.46. The van der Waals surface area contributed by atoms with Gasteiger partial charge in [-0.25, -0.2) is 4.79 Å². The first-order valence-electron chi connectivity index (χ1n) is 8.00. The summed E-state index contributed by atoms with van der Waals surface area (Å²) in [6.45, 7) is 4.04. The molecule has 5 heteroatoms. The molecule has 0 radical (unpaired) electrons. The summed E-state index contributed by atoms with van der Waals surface area (Å²) in [4.78, 5) is 24.5. The smallest absolute Gasteiger partial charge is 0.359 e. The first kappa shape index (κ1) is 15.5. The minimum Gasteiger partial charge on any atom is -0.461 e. The molecule has 0 aliphatic heterocycles. The summed E-state index contributed by atoms with van der Waals surface area (Å²) in [6.07, 6.45) is 2.01. The van der Waals surface area contributed by atoms with Crippen molar-refractivity contribution in [2.45, 2.75) is 39.2 Å². The number of ketones is 1. The van der Waals surface area contributed by atoms with Crippen molar-refractivity contribution in [1.29, 1.82) is 0 Å². The van der Waals surface area contributed by atoms with Gasteiger partial charge in [-0.15, -0.1) is 0 Å². The molecule has 120 valence electrons. The second kappa shape index (κ2) is 6.36. The summed E-state index contributed by atoms with van der Waals surface area (Å²) in [6, 6.07) is 9.90. The van der Waals surface area contributed by atoms with E-state index < -0.39 is 5.97 Å². The molecule has 3 rings (SSSR count). The van der Waals surface area contributed by atoms with E-state index in [9.17, 15) is 9.59 Å². The fourth-order valence-corrected chi connectivity index (χ4v) is 3.08. The Hall–Kier alpha value is -2.43. The van der Waals surface area contributed by atoms with Gasteiger partial charge in [0.05, 0.1) is 23.9 Å². The predicted molar refractivity (Wildman–Crippen MR) is 85.7 cm³/mol. The van der Waals surface area contributed by atoms with E-state index in [1.54, 1.807) is 6.92 Å². The first-order valence-corrected chi connectivity index (χ1v) is 8.00. The van der Waals surface area contributed by atoms with Crippen LogP contribution in [0, 0.1) is 0 Å². The van der Waals surface area contributed by atoms with Gasteiger partial charge in [-0.05, 0) is 32.3 Å². The maximum absolute atomic E-state index is 12.3.